The summed E-state index contributed by atoms with van der Waals surface area (Å²) in [7, 11) is -1.04. The minimum atomic E-state index is -2.91. The van der Waals surface area contributed by atoms with E-state index in [2.05, 4.69) is 5.32 Å². The fourth-order valence-electron chi connectivity index (χ4n) is 2.26. The molecule has 1 atom stereocenters. The van der Waals surface area contributed by atoms with Crippen LogP contribution in [0.2, 0.25) is 0 Å². The third-order valence-corrected chi connectivity index (χ3v) is 5.73. The molecular weight excluding hydrogens is 210 g/mol. The SMILES string of the molecule is CNC(CS(=O)(=O)C(C)C)C1CCCC1. The summed E-state index contributed by atoms with van der Waals surface area (Å²) < 4.78 is 23.6. The van der Waals surface area contributed by atoms with Gasteiger partial charge in [-0.1, -0.05) is 12.8 Å². The van der Waals surface area contributed by atoms with Gasteiger partial charge in [-0.25, -0.2) is 8.42 Å². The summed E-state index contributed by atoms with van der Waals surface area (Å²) in [6.07, 6.45) is 4.87. The molecule has 1 fully saturated rings. The zero-order valence-electron chi connectivity index (χ0n) is 9.99. The van der Waals surface area contributed by atoms with E-state index in [0.717, 1.165) is 0 Å². The average molecular weight is 233 g/mol. The summed E-state index contributed by atoms with van der Waals surface area (Å²) >= 11 is 0. The molecule has 1 aliphatic carbocycles. The zero-order valence-corrected chi connectivity index (χ0v) is 10.8. The van der Waals surface area contributed by atoms with Crippen LogP contribution in [0.3, 0.4) is 0 Å². The van der Waals surface area contributed by atoms with E-state index in [1.807, 2.05) is 7.05 Å². The quantitative estimate of drug-likeness (QED) is 0.784. The molecule has 0 radical (unpaired) electrons. The Morgan fingerprint density at radius 3 is 2.20 bits per heavy atom. The van der Waals surface area contributed by atoms with Crippen molar-refractivity contribution in [2.45, 2.75) is 50.8 Å². The molecule has 0 aliphatic heterocycles. The van der Waals surface area contributed by atoms with Crippen molar-refractivity contribution < 1.29 is 8.42 Å². The van der Waals surface area contributed by atoms with Crippen LogP contribution >= 0.6 is 0 Å². The fourth-order valence-corrected chi connectivity index (χ4v) is 3.58. The number of nitrogens with one attached hydrogen (secondary N) is 1. The first-order valence-corrected chi connectivity index (χ1v) is 7.57. The minimum absolute atomic E-state index is 0.153. The van der Waals surface area contributed by atoms with Crippen LogP contribution in [0.25, 0.3) is 0 Å². The van der Waals surface area contributed by atoms with Crippen molar-refractivity contribution in [1.29, 1.82) is 0 Å². The largest absolute Gasteiger partial charge is 0.316 e. The molecule has 90 valence electrons. The third-order valence-electron chi connectivity index (χ3n) is 3.47. The van der Waals surface area contributed by atoms with Crippen molar-refractivity contribution in [3.63, 3.8) is 0 Å². The second kappa shape index (κ2) is 5.30. The molecule has 15 heavy (non-hydrogen) atoms. The highest BCUT2D eigenvalue weighted by Gasteiger charge is 2.29. The number of rotatable bonds is 5. The van der Waals surface area contributed by atoms with Gasteiger partial charge in [0.25, 0.3) is 0 Å². The lowest BCUT2D eigenvalue weighted by molar-refractivity contribution is 0.403. The number of hydrogen-bond acceptors (Lipinski definition) is 3. The second-order valence-corrected chi connectivity index (χ2v) is 7.42. The lowest BCUT2D eigenvalue weighted by atomic mass is 10.0. The maximum absolute atomic E-state index is 11.8. The highest BCUT2D eigenvalue weighted by atomic mass is 32.2. The fraction of sp³-hybridized carbons (Fsp3) is 1.00. The van der Waals surface area contributed by atoms with Gasteiger partial charge in [-0.2, -0.15) is 0 Å². The van der Waals surface area contributed by atoms with Crippen LogP contribution in [0.15, 0.2) is 0 Å². The molecular formula is C11H23NO2S. The van der Waals surface area contributed by atoms with Crippen LogP contribution in [0, 0.1) is 5.92 Å². The van der Waals surface area contributed by atoms with Crippen molar-refractivity contribution >= 4 is 9.84 Å². The van der Waals surface area contributed by atoms with Crippen LogP contribution in [0.1, 0.15) is 39.5 Å². The first kappa shape index (κ1) is 13.0. The Balaban J connectivity index is 2.60. The standard InChI is InChI=1S/C11H23NO2S/c1-9(2)15(13,14)8-11(12-3)10-6-4-5-7-10/h9-12H,4-8H2,1-3H3. The number of sulfone groups is 1. The normalized spacial score (nSPS) is 21.1. The Labute approximate surface area is 93.6 Å². The van der Waals surface area contributed by atoms with Gasteiger partial charge in [-0.15, -0.1) is 0 Å². The average Bonchev–Trinajstić information content (AvgIpc) is 2.66. The summed E-state index contributed by atoms with van der Waals surface area (Å²) in [5.41, 5.74) is 0. The van der Waals surface area contributed by atoms with E-state index in [-0.39, 0.29) is 11.3 Å². The molecule has 0 aromatic heterocycles. The molecule has 0 heterocycles. The predicted molar refractivity (Wildman–Crippen MR) is 63.7 cm³/mol. The molecule has 1 rings (SSSR count). The Hall–Kier alpha value is -0.0900. The van der Waals surface area contributed by atoms with E-state index in [9.17, 15) is 8.42 Å². The summed E-state index contributed by atoms with van der Waals surface area (Å²) in [6, 6.07) is 0.153. The number of hydrogen-bond donors (Lipinski definition) is 1. The van der Waals surface area contributed by atoms with Crippen molar-refractivity contribution in [3.05, 3.63) is 0 Å². The van der Waals surface area contributed by atoms with E-state index >= 15 is 0 Å². The summed E-state index contributed by atoms with van der Waals surface area (Å²) in [5.74, 6) is 0.856. The Kier molecular flexibility index (Phi) is 4.59. The monoisotopic (exact) mass is 233 g/mol. The van der Waals surface area contributed by atoms with E-state index in [4.69, 9.17) is 0 Å². The van der Waals surface area contributed by atoms with Gasteiger partial charge < -0.3 is 5.32 Å². The Morgan fingerprint density at radius 2 is 1.80 bits per heavy atom. The van der Waals surface area contributed by atoms with E-state index in [1.54, 1.807) is 13.8 Å². The molecule has 1 N–H and O–H groups in total. The van der Waals surface area contributed by atoms with Crippen LogP contribution in [-0.4, -0.2) is 32.5 Å². The molecule has 1 aliphatic rings. The van der Waals surface area contributed by atoms with Crippen molar-refractivity contribution in [1.82, 2.24) is 5.32 Å². The van der Waals surface area contributed by atoms with Crippen LogP contribution < -0.4 is 5.32 Å². The van der Waals surface area contributed by atoms with Crippen molar-refractivity contribution in [2.24, 2.45) is 5.92 Å². The van der Waals surface area contributed by atoms with Gasteiger partial charge in [0.15, 0.2) is 9.84 Å². The van der Waals surface area contributed by atoms with Crippen LogP contribution in [0.5, 0.6) is 0 Å². The summed E-state index contributed by atoms with van der Waals surface area (Å²) in [5, 5.41) is 2.92. The molecule has 0 saturated heterocycles. The van der Waals surface area contributed by atoms with Crippen LogP contribution in [0.4, 0.5) is 0 Å². The van der Waals surface area contributed by atoms with E-state index in [1.165, 1.54) is 25.7 Å². The van der Waals surface area contributed by atoms with Gasteiger partial charge in [0, 0.05) is 6.04 Å². The lowest BCUT2D eigenvalue weighted by Crippen LogP contribution is -2.40. The van der Waals surface area contributed by atoms with Gasteiger partial charge in [0.05, 0.1) is 11.0 Å². The van der Waals surface area contributed by atoms with Gasteiger partial charge in [-0.3, -0.25) is 0 Å². The third kappa shape index (κ3) is 3.45. The molecule has 0 spiro atoms. The molecule has 0 amide bonds. The summed E-state index contributed by atoms with van der Waals surface area (Å²) in [4.78, 5) is 0. The van der Waals surface area contributed by atoms with Crippen molar-refractivity contribution in [2.75, 3.05) is 12.8 Å². The smallest absolute Gasteiger partial charge is 0.154 e. The van der Waals surface area contributed by atoms with Gasteiger partial charge in [-0.05, 0) is 39.7 Å². The van der Waals surface area contributed by atoms with E-state index in [0.29, 0.717) is 11.7 Å². The molecule has 4 heteroatoms. The molecule has 1 saturated carbocycles. The van der Waals surface area contributed by atoms with E-state index < -0.39 is 9.84 Å². The first-order chi connectivity index (χ1) is 6.97. The predicted octanol–water partition coefficient (Wildman–Crippen LogP) is 1.59. The second-order valence-electron chi connectivity index (χ2n) is 4.82. The minimum Gasteiger partial charge on any atom is -0.316 e. The lowest BCUT2D eigenvalue weighted by Gasteiger charge is -2.23. The van der Waals surface area contributed by atoms with Crippen molar-refractivity contribution in [3.8, 4) is 0 Å². The Bertz CT molecular complexity index is 279. The maximum atomic E-state index is 11.8. The zero-order chi connectivity index (χ0) is 11.5. The van der Waals surface area contributed by atoms with Gasteiger partial charge in [0.2, 0.25) is 0 Å². The van der Waals surface area contributed by atoms with Gasteiger partial charge in [0.1, 0.15) is 0 Å². The maximum Gasteiger partial charge on any atom is 0.154 e. The highest BCUT2D eigenvalue weighted by Crippen LogP contribution is 2.28. The molecule has 3 nitrogen and oxygen atoms in total. The summed E-state index contributed by atoms with van der Waals surface area (Å²) in [6.45, 7) is 3.52. The molecule has 0 bridgehead atoms. The Morgan fingerprint density at radius 1 is 1.27 bits per heavy atom. The topological polar surface area (TPSA) is 46.2 Å². The first-order valence-electron chi connectivity index (χ1n) is 5.86. The van der Waals surface area contributed by atoms with Crippen LogP contribution in [-0.2, 0) is 9.84 Å². The van der Waals surface area contributed by atoms with Gasteiger partial charge >= 0.3 is 0 Å². The molecule has 0 aromatic rings. The molecule has 0 aromatic carbocycles. The highest BCUT2D eigenvalue weighted by molar-refractivity contribution is 7.92. The molecule has 1 unspecified atom stereocenters.